The van der Waals surface area contributed by atoms with Gasteiger partial charge in [-0.15, -0.1) is 11.8 Å². The van der Waals surface area contributed by atoms with Gasteiger partial charge in [0, 0.05) is 37.2 Å². The van der Waals surface area contributed by atoms with E-state index in [2.05, 4.69) is 10.6 Å². The van der Waals surface area contributed by atoms with Crippen molar-refractivity contribution in [3.05, 3.63) is 33.9 Å². The number of rotatable bonds is 5. The summed E-state index contributed by atoms with van der Waals surface area (Å²) in [5.41, 5.74) is 0.308. The first-order valence-corrected chi connectivity index (χ1v) is 7.15. The van der Waals surface area contributed by atoms with E-state index in [1.54, 1.807) is 18.4 Å². The number of hydrogen-bond donors (Lipinski definition) is 2. The molecule has 1 saturated heterocycles. The number of nitrogens with one attached hydrogen (secondary N) is 2. The maximum Gasteiger partial charge on any atom is 0.283 e. The maximum atomic E-state index is 11.9. The lowest BCUT2D eigenvalue weighted by Gasteiger charge is -2.27. The summed E-state index contributed by atoms with van der Waals surface area (Å²) in [6.45, 7) is 2.42. The van der Waals surface area contributed by atoms with Gasteiger partial charge in [0.1, 0.15) is 0 Å². The number of nitrogens with zero attached hydrogens (tertiary/aromatic N) is 1. The average Bonchev–Trinajstić information content (AvgIpc) is 2.35. The third-order valence-electron chi connectivity index (χ3n) is 3.06. The molecular formula is C12H15N3O3S. The molecule has 0 aromatic heterocycles. The van der Waals surface area contributed by atoms with Gasteiger partial charge < -0.3 is 10.6 Å². The number of carbonyl (C=O) groups excluding carboxylic acids is 1. The third kappa shape index (κ3) is 3.24. The van der Waals surface area contributed by atoms with Gasteiger partial charge in [-0.2, -0.15) is 0 Å². The van der Waals surface area contributed by atoms with Gasteiger partial charge in [-0.1, -0.05) is 0 Å². The van der Waals surface area contributed by atoms with Crippen LogP contribution < -0.4 is 10.6 Å². The van der Waals surface area contributed by atoms with Crippen LogP contribution in [-0.4, -0.2) is 36.7 Å². The molecule has 6 nitrogen and oxygen atoms in total. The number of nitro benzene ring substituents is 1. The van der Waals surface area contributed by atoms with Gasteiger partial charge in [-0.25, -0.2) is 0 Å². The molecule has 1 fully saturated rings. The molecule has 1 amide bonds. The van der Waals surface area contributed by atoms with E-state index in [0.29, 0.717) is 22.9 Å². The molecule has 7 heteroatoms. The highest BCUT2D eigenvalue weighted by molar-refractivity contribution is 7.98. The van der Waals surface area contributed by atoms with Gasteiger partial charge in [0.2, 0.25) is 0 Å². The van der Waals surface area contributed by atoms with E-state index < -0.39 is 4.92 Å². The van der Waals surface area contributed by atoms with Crippen LogP contribution in [-0.2, 0) is 0 Å². The number of carbonyl (C=O) groups is 1. The van der Waals surface area contributed by atoms with E-state index >= 15 is 0 Å². The van der Waals surface area contributed by atoms with Gasteiger partial charge in [-0.3, -0.25) is 14.9 Å². The topological polar surface area (TPSA) is 84.3 Å². The summed E-state index contributed by atoms with van der Waals surface area (Å²) in [6, 6.07) is 4.57. The SMILES string of the molecule is CSc1ccc(C(=O)NCC2CNC2)cc1[N+](=O)[O-]. The quantitative estimate of drug-likeness (QED) is 0.482. The molecule has 0 atom stereocenters. The fourth-order valence-corrected chi connectivity index (χ4v) is 2.35. The lowest BCUT2D eigenvalue weighted by Crippen LogP contribution is -2.48. The molecule has 0 unspecified atom stereocenters. The molecule has 1 aliphatic rings. The van der Waals surface area contributed by atoms with Crippen LogP contribution in [0, 0.1) is 16.0 Å². The normalized spacial score (nSPS) is 14.8. The smallest absolute Gasteiger partial charge is 0.283 e. The van der Waals surface area contributed by atoms with Gasteiger partial charge >= 0.3 is 0 Å². The predicted molar refractivity (Wildman–Crippen MR) is 73.6 cm³/mol. The summed E-state index contributed by atoms with van der Waals surface area (Å²) in [6.07, 6.45) is 1.77. The summed E-state index contributed by atoms with van der Waals surface area (Å²) < 4.78 is 0. The molecular weight excluding hydrogens is 266 g/mol. The van der Waals surface area contributed by atoms with E-state index in [9.17, 15) is 14.9 Å². The number of hydrogen-bond acceptors (Lipinski definition) is 5. The Morgan fingerprint density at radius 3 is 2.84 bits per heavy atom. The Labute approximate surface area is 115 Å². The van der Waals surface area contributed by atoms with E-state index in [-0.39, 0.29) is 11.6 Å². The average molecular weight is 281 g/mol. The first-order valence-electron chi connectivity index (χ1n) is 5.93. The first-order chi connectivity index (χ1) is 9.11. The van der Waals surface area contributed by atoms with Gasteiger partial charge in [-0.05, 0) is 18.4 Å². The second kappa shape index (κ2) is 6.03. The molecule has 0 aliphatic carbocycles. The molecule has 19 heavy (non-hydrogen) atoms. The van der Waals surface area contributed by atoms with Crippen LogP contribution in [0.1, 0.15) is 10.4 Å². The molecule has 2 rings (SSSR count). The second-order valence-corrected chi connectivity index (χ2v) is 5.23. The minimum absolute atomic E-state index is 0.0227. The largest absolute Gasteiger partial charge is 0.352 e. The lowest BCUT2D eigenvalue weighted by molar-refractivity contribution is -0.387. The van der Waals surface area contributed by atoms with Gasteiger partial charge in [0.25, 0.3) is 11.6 Å². The van der Waals surface area contributed by atoms with Crippen LogP contribution in [0.3, 0.4) is 0 Å². The zero-order valence-corrected chi connectivity index (χ0v) is 11.3. The number of amides is 1. The highest BCUT2D eigenvalue weighted by atomic mass is 32.2. The zero-order valence-electron chi connectivity index (χ0n) is 10.5. The van der Waals surface area contributed by atoms with Crippen LogP contribution in [0.25, 0.3) is 0 Å². The predicted octanol–water partition coefficient (Wildman–Crippen LogP) is 1.27. The maximum absolute atomic E-state index is 11.9. The zero-order chi connectivity index (χ0) is 13.8. The van der Waals surface area contributed by atoms with Gasteiger partial charge in [0.05, 0.1) is 9.82 Å². The van der Waals surface area contributed by atoms with Crippen molar-refractivity contribution in [2.45, 2.75) is 4.90 Å². The number of thioether (sulfide) groups is 1. The highest BCUT2D eigenvalue weighted by Gasteiger charge is 2.20. The Bertz CT molecular complexity index is 503. The first kappa shape index (κ1) is 13.8. The fourth-order valence-electron chi connectivity index (χ4n) is 1.81. The Hall–Kier alpha value is -1.60. The summed E-state index contributed by atoms with van der Waals surface area (Å²) in [7, 11) is 0. The molecule has 0 radical (unpaired) electrons. The molecule has 1 aromatic rings. The monoisotopic (exact) mass is 281 g/mol. The Kier molecular flexibility index (Phi) is 4.39. The summed E-state index contributed by atoms with van der Waals surface area (Å²) in [5.74, 6) is 0.201. The van der Waals surface area contributed by atoms with Gasteiger partial charge in [0.15, 0.2) is 0 Å². The molecule has 0 spiro atoms. The van der Waals surface area contributed by atoms with Crippen LogP contribution in [0.2, 0.25) is 0 Å². The molecule has 0 bridgehead atoms. The van der Waals surface area contributed by atoms with Crippen LogP contribution in [0.15, 0.2) is 23.1 Å². The summed E-state index contributed by atoms with van der Waals surface area (Å²) in [5, 5.41) is 16.8. The van der Waals surface area contributed by atoms with Crippen LogP contribution in [0.4, 0.5) is 5.69 Å². The van der Waals surface area contributed by atoms with Crippen molar-refractivity contribution in [1.82, 2.24) is 10.6 Å². The minimum Gasteiger partial charge on any atom is -0.352 e. The van der Waals surface area contributed by atoms with Crippen molar-refractivity contribution in [3.8, 4) is 0 Å². The molecule has 2 N–H and O–H groups in total. The summed E-state index contributed by atoms with van der Waals surface area (Å²) >= 11 is 1.29. The van der Waals surface area contributed by atoms with Crippen LogP contribution >= 0.6 is 11.8 Å². The van der Waals surface area contributed by atoms with Crippen molar-refractivity contribution in [1.29, 1.82) is 0 Å². The van der Waals surface area contributed by atoms with E-state index in [1.165, 1.54) is 17.8 Å². The Morgan fingerprint density at radius 1 is 1.58 bits per heavy atom. The Morgan fingerprint density at radius 2 is 2.32 bits per heavy atom. The fraction of sp³-hybridized carbons (Fsp3) is 0.417. The highest BCUT2D eigenvalue weighted by Crippen LogP contribution is 2.28. The molecule has 0 saturated carbocycles. The third-order valence-corrected chi connectivity index (χ3v) is 3.84. The van der Waals surface area contributed by atoms with E-state index in [4.69, 9.17) is 0 Å². The van der Waals surface area contributed by atoms with Crippen molar-refractivity contribution in [2.24, 2.45) is 5.92 Å². The van der Waals surface area contributed by atoms with Crippen molar-refractivity contribution in [2.75, 3.05) is 25.9 Å². The number of benzene rings is 1. The van der Waals surface area contributed by atoms with Crippen molar-refractivity contribution in [3.63, 3.8) is 0 Å². The number of nitro groups is 1. The minimum atomic E-state index is -0.460. The molecule has 1 aliphatic heterocycles. The molecule has 102 valence electrons. The Balaban J connectivity index is 2.08. The molecule has 1 heterocycles. The van der Waals surface area contributed by atoms with E-state index in [1.807, 2.05) is 0 Å². The summed E-state index contributed by atoms with van der Waals surface area (Å²) in [4.78, 5) is 22.9. The second-order valence-electron chi connectivity index (χ2n) is 4.38. The standard InChI is InChI=1S/C12H15N3O3S/c1-19-11-3-2-9(4-10(11)15(17)18)12(16)14-7-8-5-13-6-8/h2-4,8,13H,5-7H2,1H3,(H,14,16). The molecule has 1 aromatic carbocycles. The van der Waals surface area contributed by atoms with E-state index in [0.717, 1.165) is 13.1 Å². The van der Waals surface area contributed by atoms with Crippen molar-refractivity contribution < 1.29 is 9.72 Å². The lowest BCUT2D eigenvalue weighted by atomic mass is 10.0. The van der Waals surface area contributed by atoms with Crippen molar-refractivity contribution >= 4 is 23.4 Å². The van der Waals surface area contributed by atoms with Crippen LogP contribution in [0.5, 0.6) is 0 Å².